The Morgan fingerprint density at radius 2 is 1.26 bits per heavy atom. The quantitative estimate of drug-likeness (QED) is 0.0848. The van der Waals surface area contributed by atoms with E-state index in [0.717, 1.165) is 42.5 Å². The molecule has 0 bridgehead atoms. The van der Waals surface area contributed by atoms with Gasteiger partial charge in [0.05, 0.1) is 14.7 Å². The molecule has 0 aliphatic heterocycles. The van der Waals surface area contributed by atoms with E-state index in [-0.39, 0.29) is 84.1 Å². The molecule has 0 amide bonds. The maximum atomic E-state index is 11.2. The van der Waals surface area contributed by atoms with E-state index < -0.39 is 51.3 Å². The van der Waals surface area contributed by atoms with Gasteiger partial charge in [0.25, 0.3) is 31.6 Å². The zero-order valence-electron chi connectivity index (χ0n) is 19.9. The SMILES string of the molecule is N=Nc1c(S(=O)(=O)O)cc(O)c2ccc(S(=O)(=O)O)cc12.O=[N+]([O-])c1ccc([N+](=O)[O-])cc1.[H-].[H-].[Na+].[Na+]. The molecule has 0 atom stereocenters. The molecule has 178 valence electrons. The number of nitro benzene ring substituents is 2. The Labute approximate surface area is 244 Å². The first kappa shape index (κ1) is 32.9. The Morgan fingerprint density at radius 1 is 0.800 bits per heavy atom. The van der Waals surface area contributed by atoms with E-state index in [0.29, 0.717) is 6.07 Å². The van der Waals surface area contributed by atoms with Gasteiger partial charge < -0.3 is 7.96 Å². The number of non-ortho nitro benzene ring substituents is 2. The van der Waals surface area contributed by atoms with E-state index in [1.165, 1.54) is 0 Å². The third-order valence-corrected chi connectivity index (χ3v) is 5.70. The number of nitro groups is 2. The Bertz CT molecular complexity index is 1470. The topological polar surface area (TPSA) is 251 Å². The Hall–Kier alpha value is -2.06. The van der Waals surface area contributed by atoms with E-state index >= 15 is 0 Å². The monoisotopic (exact) mass is 548 g/mol. The van der Waals surface area contributed by atoms with Crippen LogP contribution in [0.2, 0.25) is 0 Å². The van der Waals surface area contributed by atoms with Crippen LogP contribution in [0.5, 0.6) is 5.75 Å². The predicted molar refractivity (Wildman–Crippen MR) is 112 cm³/mol. The van der Waals surface area contributed by atoms with Crippen molar-refractivity contribution >= 4 is 48.1 Å². The van der Waals surface area contributed by atoms with E-state index in [1.54, 1.807) is 0 Å². The number of nitrogens with zero attached hydrogens (tertiary/aromatic N) is 3. The fourth-order valence-electron chi connectivity index (χ4n) is 2.51. The van der Waals surface area contributed by atoms with Gasteiger partial charge in [0.15, 0.2) is 0 Å². The average Bonchev–Trinajstić information content (AvgIpc) is 2.72. The van der Waals surface area contributed by atoms with E-state index in [1.807, 2.05) is 0 Å². The summed E-state index contributed by atoms with van der Waals surface area (Å²) >= 11 is 0. The summed E-state index contributed by atoms with van der Waals surface area (Å²) in [6.07, 6.45) is 0. The molecule has 0 fully saturated rings. The molecule has 0 radical (unpaired) electrons. The van der Waals surface area contributed by atoms with Crippen LogP contribution in [0.25, 0.3) is 10.8 Å². The molecule has 35 heavy (non-hydrogen) atoms. The van der Waals surface area contributed by atoms with Crippen LogP contribution in [0.15, 0.2) is 63.4 Å². The molecule has 0 saturated heterocycles. The summed E-state index contributed by atoms with van der Waals surface area (Å²) in [7, 11) is -9.37. The van der Waals surface area contributed by atoms with Crippen LogP contribution in [0.1, 0.15) is 2.85 Å². The van der Waals surface area contributed by atoms with Crippen LogP contribution < -0.4 is 59.1 Å². The fraction of sp³-hybridized carbons (Fsp3) is 0. The molecule has 4 N–H and O–H groups in total. The Balaban J connectivity index is -0.000000631. The molecule has 0 aliphatic carbocycles. The molecule has 0 heterocycles. The first-order valence-electron chi connectivity index (χ1n) is 8.18. The molecular weight excluding hydrogens is 534 g/mol. The summed E-state index contributed by atoms with van der Waals surface area (Å²) in [5.74, 6) is -0.563. The zero-order valence-corrected chi connectivity index (χ0v) is 23.5. The van der Waals surface area contributed by atoms with Crippen LogP contribution in [0.4, 0.5) is 17.1 Å². The van der Waals surface area contributed by atoms with Crippen LogP contribution >= 0.6 is 0 Å². The van der Waals surface area contributed by atoms with Crippen molar-refractivity contribution in [3.63, 3.8) is 0 Å². The van der Waals surface area contributed by atoms with Crippen molar-refractivity contribution in [3.8, 4) is 5.75 Å². The number of benzene rings is 3. The van der Waals surface area contributed by atoms with Gasteiger partial charge in [-0.05, 0) is 18.2 Å². The number of fused-ring (bicyclic) bond motifs is 1. The molecule has 3 rings (SSSR count). The number of nitrogens with one attached hydrogen (secondary N) is 1. The van der Waals surface area contributed by atoms with E-state index in [9.17, 15) is 42.2 Å². The fourth-order valence-corrected chi connectivity index (χ4v) is 3.68. The van der Waals surface area contributed by atoms with Crippen molar-refractivity contribution in [2.75, 3.05) is 0 Å². The third kappa shape index (κ3) is 8.24. The van der Waals surface area contributed by atoms with Crippen LogP contribution in [0, 0.1) is 25.8 Å². The molecule has 0 spiro atoms. The molecule has 19 heteroatoms. The van der Waals surface area contributed by atoms with Crippen molar-refractivity contribution in [2.24, 2.45) is 5.11 Å². The van der Waals surface area contributed by atoms with E-state index in [4.69, 9.17) is 14.6 Å². The summed E-state index contributed by atoms with van der Waals surface area (Å²) in [4.78, 5) is 17.6. The normalized spacial score (nSPS) is 10.7. The van der Waals surface area contributed by atoms with E-state index in [2.05, 4.69) is 5.11 Å². The Morgan fingerprint density at radius 3 is 1.60 bits per heavy atom. The smallest absolute Gasteiger partial charge is 1.00 e. The van der Waals surface area contributed by atoms with Gasteiger partial charge in [-0.1, -0.05) is 0 Å². The van der Waals surface area contributed by atoms with Gasteiger partial charge >= 0.3 is 59.1 Å². The summed E-state index contributed by atoms with van der Waals surface area (Å²) in [5.41, 5.74) is 6.14. The molecule has 3 aromatic carbocycles. The predicted octanol–water partition coefficient (Wildman–Crippen LogP) is -2.56. The largest absolute Gasteiger partial charge is 1.00 e. The second kappa shape index (κ2) is 12.8. The minimum atomic E-state index is -4.79. The minimum Gasteiger partial charge on any atom is -1.00 e. The van der Waals surface area contributed by atoms with Crippen LogP contribution in [-0.2, 0) is 20.2 Å². The number of hydrogen-bond acceptors (Lipinski definition) is 11. The summed E-state index contributed by atoms with van der Waals surface area (Å²) in [6.45, 7) is 0. The Kier molecular flexibility index (Phi) is 12.0. The van der Waals surface area contributed by atoms with Crippen molar-refractivity contribution in [3.05, 3.63) is 68.8 Å². The molecule has 3 aromatic rings. The minimum absolute atomic E-state index is 0. The molecule has 0 unspecified atom stereocenters. The van der Waals surface area contributed by atoms with Crippen molar-refractivity contribution in [2.45, 2.75) is 9.79 Å². The van der Waals surface area contributed by atoms with Crippen LogP contribution in [0.3, 0.4) is 0 Å². The van der Waals surface area contributed by atoms with Gasteiger partial charge in [-0.15, -0.1) is 0 Å². The van der Waals surface area contributed by atoms with Gasteiger partial charge in [-0.2, -0.15) is 21.9 Å². The standard InChI is InChI=1S/C10H8N2O7S2.C6H4N2O4.2Na.2H/c11-12-10-7-3-5(20(14,15)16)1-2-6(7)8(13)4-9(10)21(17,18)19;9-7(10)5-1-2-6(4-3-5)8(11)12;;;;/h1-4,11,13H,(H,14,15,16)(H,17,18,19);1-4H;;;;/q;;2*+1;2*-1. The number of hydrogen-bond donors (Lipinski definition) is 4. The van der Waals surface area contributed by atoms with Gasteiger partial charge in [-0.25, -0.2) is 5.53 Å². The summed E-state index contributed by atoms with van der Waals surface area (Å²) < 4.78 is 62.7. The maximum Gasteiger partial charge on any atom is 1.00 e. The van der Waals surface area contributed by atoms with Gasteiger partial charge in [0.1, 0.15) is 16.3 Å². The van der Waals surface area contributed by atoms with Crippen molar-refractivity contribution < 1.29 is 103 Å². The molecule has 0 aliphatic rings. The van der Waals surface area contributed by atoms with Gasteiger partial charge in [0.2, 0.25) is 0 Å². The second-order valence-electron chi connectivity index (χ2n) is 6.04. The van der Waals surface area contributed by atoms with Gasteiger partial charge in [-0.3, -0.25) is 29.3 Å². The summed E-state index contributed by atoms with van der Waals surface area (Å²) in [5, 5.41) is 32.7. The first-order chi connectivity index (χ1) is 15.2. The number of rotatable bonds is 5. The first-order valence-corrected chi connectivity index (χ1v) is 11.1. The molecule has 0 aromatic heterocycles. The van der Waals surface area contributed by atoms with Crippen molar-refractivity contribution in [1.82, 2.24) is 0 Å². The van der Waals surface area contributed by atoms with Crippen LogP contribution in [-0.4, -0.2) is 40.9 Å². The number of phenols is 1. The van der Waals surface area contributed by atoms with Crippen molar-refractivity contribution in [1.29, 1.82) is 5.53 Å². The summed E-state index contributed by atoms with van der Waals surface area (Å²) in [6, 6.07) is 8.01. The zero-order chi connectivity index (χ0) is 25.1. The maximum absolute atomic E-state index is 11.2. The molecule has 15 nitrogen and oxygen atoms in total. The molecular formula is C16H14N4Na2O11S2. The average molecular weight is 548 g/mol. The third-order valence-electron chi connectivity index (χ3n) is 3.98. The second-order valence-corrected chi connectivity index (χ2v) is 8.85. The number of aromatic hydroxyl groups is 1. The number of phenolic OH excluding ortho intramolecular Hbond substituents is 1. The molecule has 0 saturated carbocycles. The van der Waals surface area contributed by atoms with Gasteiger partial charge in [0, 0.05) is 41.1 Å².